The van der Waals surface area contributed by atoms with Crippen LogP contribution >= 0.6 is 13.5 Å². The zero-order valence-corrected chi connectivity index (χ0v) is 19.5. The maximum Gasteiger partial charge on any atom is 0.339 e. The third-order valence-corrected chi connectivity index (χ3v) is 6.99. The Hall–Kier alpha value is -2.76. The van der Waals surface area contributed by atoms with Gasteiger partial charge in [0.25, 0.3) is 0 Å². The van der Waals surface area contributed by atoms with Crippen LogP contribution in [-0.2, 0) is 15.5 Å². The summed E-state index contributed by atoms with van der Waals surface area (Å²) in [4.78, 5) is 0.188. The number of benzene rings is 5. The zero-order chi connectivity index (χ0) is 21.1. The second-order valence-electron chi connectivity index (χ2n) is 8.73. The van der Waals surface area contributed by atoms with E-state index in [0.29, 0.717) is 11.1 Å². The van der Waals surface area contributed by atoms with Gasteiger partial charge in [0.2, 0.25) is 0 Å². The van der Waals surface area contributed by atoms with Crippen LogP contribution in [0.25, 0.3) is 32.3 Å². The van der Waals surface area contributed by atoms with Crippen molar-refractivity contribution < 1.29 is 12.6 Å². The van der Waals surface area contributed by atoms with Gasteiger partial charge in [-0.2, -0.15) is 21.9 Å². The maximum atomic E-state index is 13.2. The van der Waals surface area contributed by atoms with Gasteiger partial charge in [-0.3, -0.25) is 0 Å². The van der Waals surface area contributed by atoms with Gasteiger partial charge in [-0.25, -0.2) is 0 Å². The lowest BCUT2D eigenvalue weighted by atomic mass is 9.87. The Morgan fingerprint density at radius 3 is 1.84 bits per heavy atom. The van der Waals surface area contributed by atoms with Crippen molar-refractivity contribution in [2.45, 2.75) is 31.1 Å². The number of hydrogen-bond acceptors (Lipinski definition) is 3. The maximum absolute atomic E-state index is 13.2. The third-order valence-electron chi connectivity index (χ3n) is 5.68. The lowest BCUT2D eigenvalue weighted by molar-refractivity contribution is 0.486. The second kappa shape index (κ2) is 7.43. The van der Waals surface area contributed by atoms with Gasteiger partial charge in [0.15, 0.2) is 0 Å². The highest BCUT2D eigenvalue weighted by atomic mass is 32.2. The van der Waals surface area contributed by atoms with Crippen molar-refractivity contribution in [2.75, 3.05) is 0 Å². The van der Waals surface area contributed by atoms with E-state index in [9.17, 15) is 8.42 Å². The van der Waals surface area contributed by atoms with Gasteiger partial charge < -0.3 is 4.18 Å². The molecule has 0 aliphatic heterocycles. The smallest absolute Gasteiger partial charge is 0.339 e. The Kier molecular flexibility index (Phi) is 5.15. The molecule has 0 spiro atoms. The minimum Gasteiger partial charge on any atom is -0.379 e. The molecule has 0 radical (unpaired) electrons. The minimum atomic E-state index is -3.99. The normalized spacial score (nSPS) is 12.4. The summed E-state index contributed by atoms with van der Waals surface area (Å²) in [7, 11) is -3.99. The lowest BCUT2D eigenvalue weighted by Crippen LogP contribution is -2.12. The van der Waals surface area contributed by atoms with Gasteiger partial charge >= 0.3 is 10.1 Å². The van der Waals surface area contributed by atoms with E-state index in [-0.39, 0.29) is 23.8 Å². The molecule has 158 valence electrons. The quantitative estimate of drug-likeness (QED) is 0.226. The van der Waals surface area contributed by atoms with E-state index in [4.69, 9.17) is 4.18 Å². The second-order valence-corrected chi connectivity index (χ2v) is 10.2. The molecule has 5 aromatic carbocycles. The average Bonchev–Trinajstić information content (AvgIpc) is 2.71. The Morgan fingerprint density at radius 1 is 0.677 bits per heavy atom. The highest BCUT2D eigenvalue weighted by Crippen LogP contribution is 2.38. The fraction of sp³-hybridized carbons (Fsp3) is 0.154. The standard InChI is InChI=1S/C26H22O3S.H2S/c1-26(2,3)20-11-13-21(14-12-20)29-30(27,28)23-16-10-19-8-7-17-5-4-6-18-9-15-22(23)25(19)24(17)18;/h4-16H,1-3H3;1H2. The molecule has 3 nitrogen and oxygen atoms in total. The summed E-state index contributed by atoms with van der Waals surface area (Å²) in [6.07, 6.45) is 0. The van der Waals surface area contributed by atoms with Crippen LogP contribution in [0, 0.1) is 0 Å². The predicted molar refractivity (Wildman–Crippen MR) is 133 cm³/mol. The molecule has 0 saturated carbocycles. The van der Waals surface area contributed by atoms with E-state index in [0.717, 1.165) is 32.5 Å². The number of rotatable bonds is 3. The third kappa shape index (κ3) is 3.62. The molecule has 0 amide bonds. The first-order valence-corrected chi connectivity index (χ1v) is 11.4. The van der Waals surface area contributed by atoms with Crippen molar-refractivity contribution in [1.82, 2.24) is 0 Å². The summed E-state index contributed by atoms with van der Waals surface area (Å²) >= 11 is 0. The highest BCUT2D eigenvalue weighted by molar-refractivity contribution is 7.87. The minimum absolute atomic E-state index is 0. The van der Waals surface area contributed by atoms with E-state index in [1.807, 2.05) is 42.5 Å². The summed E-state index contributed by atoms with van der Waals surface area (Å²) in [5.74, 6) is 0.314. The first-order valence-electron chi connectivity index (χ1n) is 9.96. The van der Waals surface area contributed by atoms with Crippen molar-refractivity contribution in [2.24, 2.45) is 0 Å². The topological polar surface area (TPSA) is 43.4 Å². The van der Waals surface area contributed by atoms with E-state index in [2.05, 4.69) is 39.0 Å². The van der Waals surface area contributed by atoms with Crippen molar-refractivity contribution in [3.05, 3.63) is 84.4 Å². The van der Waals surface area contributed by atoms with E-state index >= 15 is 0 Å². The molecule has 0 aromatic heterocycles. The molecular formula is C26H24O3S2. The lowest BCUT2D eigenvalue weighted by Gasteiger charge is -2.19. The van der Waals surface area contributed by atoms with Gasteiger partial charge in [-0.15, -0.1) is 0 Å². The molecule has 5 heteroatoms. The van der Waals surface area contributed by atoms with Crippen LogP contribution in [0.15, 0.2) is 83.8 Å². The van der Waals surface area contributed by atoms with Crippen molar-refractivity contribution in [3.63, 3.8) is 0 Å². The average molecular weight is 449 g/mol. The predicted octanol–water partition coefficient (Wildman–Crippen LogP) is 6.76. The van der Waals surface area contributed by atoms with E-state index < -0.39 is 10.1 Å². The molecule has 0 saturated heterocycles. The van der Waals surface area contributed by atoms with Crippen LogP contribution in [0.5, 0.6) is 5.75 Å². The summed E-state index contributed by atoms with van der Waals surface area (Å²) < 4.78 is 31.9. The van der Waals surface area contributed by atoms with Crippen LogP contribution in [0.3, 0.4) is 0 Å². The summed E-state index contributed by atoms with van der Waals surface area (Å²) in [6.45, 7) is 6.35. The van der Waals surface area contributed by atoms with Gasteiger partial charge in [-0.1, -0.05) is 81.4 Å². The molecule has 0 fully saturated rings. The molecule has 0 atom stereocenters. The van der Waals surface area contributed by atoms with Gasteiger partial charge in [0, 0.05) is 5.39 Å². The molecule has 5 aromatic rings. The molecule has 5 rings (SSSR count). The van der Waals surface area contributed by atoms with E-state index in [1.54, 1.807) is 18.2 Å². The monoisotopic (exact) mass is 448 g/mol. The van der Waals surface area contributed by atoms with Crippen molar-refractivity contribution in [3.8, 4) is 5.75 Å². The van der Waals surface area contributed by atoms with Gasteiger partial charge in [-0.05, 0) is 56.1 Å². The van der Waals surface area contributed by atoms with Gasteiger partial charge in [0.1, 0.15) is 10.6 Å². The molecule has 0 aliphatic carbocycles. The van der Waals surface area contributed by atoms with Crippen LogP contribution in [0.1, 0.15) is 26.3 Å². The molecule has 0 N–H and O–H groups in total. The number of hydrogen-bond donors (Lipinski definition) is 0. The molecule has 0 heterocycles. The molecule has 0 unspecified atom stereocenters. The first kappa shape index (κ1) is 21.5. The summed E-state index contributed by atoms with van der Waals surface area (Å²) in [5.41, 5.74) is 1.11. The summed E-state index contributed by atoms with van der Waals surface area (Å²) in [6, 6.07) is 24.8. The Labute approximate surface area is 189 Å². The van der Waals surface area contributed by atoms with Crippen LogP contribution in [-0.4, -0.2) is 8.42 Å². The van der Waals surface area contributed by atoms with Crippen LogP contribution in [0.2, 0.25) is 0 Å². The molecule has 0 bridgehead atoms. The fourth-order valence-electron chi connectivity index (χ4n) is 4.11. The molecule has 0 aliphatic rings. The van der Waals surface area contributed by atoms with Gasteiger partial charge in [0.05, 0.1) is 0 Å². The zero-order valence-electron chi connectivity index (χ0n) is 17.6. The van der Waals surface area contributed by atoms with Crippen molar-refractivity contribution >= 4 is 55.9 Å². The Bertz CT molecular complexity index is 1480. The summed E-state index contributed by atoms with van der Waals surface area (Å²) in [5, 5.41) is 5.93. The van der Waals surface area contributed by atoms with Crippen LogP contribution < -0.4 is 4.18 Å². The van der Waals surface area contributed by atoms with E-state index in [1.165, 1.54) is 0 Å². The van der Waals surface area contributed by atoms with Crippen LogP contribution in [0.4, 0.5) is 0 Å². The fourth-order valence-corrected chi connectivity index (χ4v) is 5.24. The largest absolute Gasteiger partial charge is 0.379 e. The SMILES string of the molecule is CC(C)(C)c1ccc(OS(=O)(=O)c2ccc3ccc4cccc5ccc2c3c45)cc1.S. The molecular weight excluding hydrogens is 424 g/mol. The first-order chi connectivity index (χ1) is 14.2. The molecule has 31 heavy (non-hydrogen) atoms. The Morgan fingerprint density at radius 2 is 1.23 bits per heavy atom. The highest BCUT2D eigenvalue weighted by Gasteiger charge is 2.22. The van der Waals surface area contributed by atoms with Crippen molar-refractivity contribution in [1.29, 1.82) is 0 Å². The Balaban J connectivity index is 0.00000231.